The van der Waals surface area contributed by atoms with Crippen molar-refractivity contribution in [1.82, 2.24) is 10.2 Å². The summed E-state index contributed by atoms with van der Waals surface area (Å²) in [5, 5.41) is 3.66. The summed E-state index contributed by atoms with van der Waals surface area (Å²) in [5.41, 5.74) is 1.22. The SMILES string of the molecule is CC(C)NC(=O)[C@@H](C)N(Cc1c(Cl)cccc1Cl)C(=O)Cc1ccc(F)cc1. The summed E-state index contributed by atoms with van der Waals surface area (Å²) in [7, 11) is 0. The number of benzene rings is 2. The van der Waals surface area contributed by atoms with Crippen molar-refractivity contribution in [2.75, 3.05) is 0 Å². The van der Waals surface area contributed by atoms with E-state index in [-0.39, 0.29) is 36.6 Å². The molecule has 0 radical (unpaired) electrons. The Balaban J connectivity index is 2.30. The number of nitrogens with one attached hydrogen (secondary N) is 1. The molecule has 0 saturated heterocycles. The average molecular weight is 425 g/mol. The predicted octanol–water partition coefficient (Wildman–Crippen LogP) is 4.62. The third-order valence-electron chi connectivity index (χ3n) is 4.26. The van der Waals surface area contributed by atoms with Crippen LogP contribution >= 0.6 is 23.2 Å². The first-order valence-electron chi connectivity index (χ1n) is 8.96. The fourth-order valence-corrected chi connectivity index (χ4v) is 3.24. The molecular weight excluding hydrogens is 402 g/mol. The van der Waals surface area contributed by atoms with Gasteiger partial charge >= 0.3 is 0 Å². The van der Waals surface area contributed by atoms with Gasteiger partial charge in [0.2, 0.25) is 11.8 Å². The normalized spacial score (nSPS) is 12.0. The van der Waals surface area contributed by atoms with Gasteiger partial charge in [0.05, 0.1) is 6.42 Å². The maximum atomic E-state index is 13.1. The molecule has 0 aliphatic rings. The highest BCUT2D eigenvalue weighted by molar-refractivity contribution is 6.36. The summed E-state index contributed by atoms with van der Waals surface area (Å²) >= 11 is 12.5. The van der Waals surface area contributed by atoms with Crippen LogP contribution < -0.4 is 5.32 Å². The molecule has 2 rings (SSSR count). The molecule has 0 aliphatic heterocycles. The zero-order chi connectivity index (χ0) is 20.8. The van der Waals surface area contributed by atoms with E-state index >= 15 is 0 Å². The molecule has 0 aromatic heterocycles. The Kier molecular flexibility index (Phi) is 7.84. The summed E-state index contributed by atoms with van der Waals surface area (Å²) in [4.78, 5) is 27.0. The van der Waals surface area contributed by atoms with Gasteiger partial charge in [-0.1, -0.05) is 41.4 Å². The van der Waals surface area contributed by atoms with E-state index in [1.165, 1.54) is 17.0 Å². The number of nitrogens with zero attached hydrogens (tertiary/aromatic N) is 1. The molecule has 7 heteroatoms. The Bertz CT molecular complexity index is 821. The Morgan fingerprint density at radius 3 is 2.14 bits per heavy atom. The lowest BCUT2D eigenvalue weighted by Crippen LogP contribution is -2.49. The van der Waals surface area contributed by atoms with Gasteiger partial charge in [-0.05, 0) is 50.6 Å². The lowest BCUT2D eigenvalue weighted by molar-refractivity contribution is -0.140. The molecule has 28 heavy (non-hydrogen) atoms. The lowest BCUT2D eigenvalue weighted by Gasteiger charge is -2.30. The minimum Gasteiger partial charge on any atom is -0.352 e. The van der Waals surface area contributed by atoms with Gasteiger partial charge in [-0.25, -0.2) is 4.39 Å². The standard InChI is InChI=1S/C21H23Cl2FN2O2/c1-13(2)25-21(28)14(3)26(12-17-18(22)5-4-6-19(17)23)20(27)11-15-7-9-16(24)10-8-15/h4-10,13-14H,11-12H2,1-3H3,(H,25,28)/t14-/m1/s1. The average Bonchev–Trinajstić information content (AvgIpc) is 2.62. The van der Waals surface area contributed by atoms with Gasteiger partial charge in [-0.3, -0.25) is 9.59 Å². The minimum atomic E-state index is -0.734. The molecule has 0 heterocycles. The van der Waals surface area contributed by atoms with Crippen molar-refractivity contribution in [3.05, 3.63) is 69.5 Å². The molecule has 1 N–H and O–H groups in total. The van der Waals surface area contributed by atoms with Crippen LogP contribution in [0.1, 0.15) is 31.9 Å². The first-order chi connectivity index (χ1) is 13.2. The number of rotatable bonds is 7. The summed E-state index contributed by atoms with van der Waals surface area (Å²) in [6.07, 6.45) is 0.0294. The second-order valence-corrected chi connectivity index (χ2v) is 7.68. The maximum absolute atomic E-state index is 13.1. The fraction of sp³-hybridized carbons (Fsp3) is 0.333. The van der Waals surface area contributed by atoms with Gasteiger partial charge in [-0.2, -0.15) is 0 Å². The van der Waals surface area contributed by atoms with Gasteiger partial charge in [-0.15, -0.1) is 0 Å². The van der Waals surface area contributed by atoms with E-state index in [0.29, 0.717) is 21.2 Å². The Labute approximate surface area is 174 Å². The topological polar surface area (TPSA) is 49.4 Å². The fourth-order valence-electron chi connectivity index (χ4n) is 2.72. The van der Waals surface area contributed by atoms with Crippen LogP contribution in [-0.4, -0.2) is 28.8 Å². The molecule has 2 amide bonds. The zero-order valence-corrected chi connectivity index (χ0v) is 17.5. The first kappa shape index (κ1) is 22.2. The van der Waals surface area contributed by atoms with Gasteiger partial charge in [0.1, 0.15) is 11.9 Å². The van der Waals surface area contributed by atoms with Crippen LogP contribution in [0, 0.1) is 5.82 Å². The highest BCUT2D eigenvalue weighted by Crippen LogP contribution is 2.27. The predicted molar refractivity (Wildman–Crippen MR) is 110 cm³/mol. The van der Waals surface area contributed by atoms with Gasteiger partial charge < -0.3 is 10.2 Å². The number of carbonyl (C=O) groups excluding carboxylic acids is 2. The van der Waals surface area contributed by atoms with E-state index in [9.17, 15) is 14.0 Å². The Morgan fingerprint density at radius 1 is 1.04 bits per heavy atom. The molecule has 0 bridgehead atoms. The van der Waals surface area contributed by atoms with E-state index in [2.05, 4.69) is 5.32 Å². The number of hydrogen-bond donors (Lipinski definition) is 1. The van der Waals surface area contributed by atoms with Crippen LogP contribution in [0.4, 0.5) is 4.39 Å². The van der Waals surface area contributed by atoms with Crippen LogP contribution in [0.15, 0.2) is 42.5 Å². The smallest absolute Gasteiger partial charge is 0.242 e. The third kappa shape index (κ3) is 5.94. The molecule has 0 aliphatic carbocycles. The van der Waals surface area contributed by atoms with E-state index in [1.807, 2.05) is 13.8 Å². The molecule has 0 spiro atoms. The van der Waals surface area contributed by atoms with Crippen molar-refractivity contribution in [2.45, 2.75) is 45.8 Å². The van der Waals surface area contributed by atoms with E-state index in [0.717, 1.165) is 0 Å². The zero-order valence-electron chi connectivity index (χ0n) is 16.0. The van der Waals surface area contributed by atoms with Crippen LogP contribution in [0.25, 0.3) is 0 Å². The van der Waals surface area contributed by atoms with Crippen LogP contribution in [0.2, 0.25) is 10.0 Å². The summed E-state index contributed by atoms with van der Waals surface area (Å²) in [6.45, 7) is 5.44. The minimum absolute atomic E-state index is 0.0294. The molecular formula is C21H23Cl2FN2O2. The van der Waals surface area contributed by atoms with E-state index in [4.69, 9.17) is 23.2 Å². The number of hydrogen-bond acceptors (Lipinski definition) is 2. The molecule has 2 aromatic rings. The third-order valence-corrected chi connectivity index (χ3v) is 4.97. The summed E-state index contributed by atoms with van der Waals surface area (Å²) in [5.74, 6) is -0.930. The molecule has 0 saturated carbocycles. The lowest BCUT2D eigenvalue weighted by atomic mass is 10.1. The monoisotopic (exact) mass is 424 g/mol. The van der Waals surface area contributed by atoms with Crippen LogP contribution in [0.3, 0.4) is 0 Å². The van der Waals surface area contributed by atoms with Crippen molar-refractivity contribution in [2.24, 2.45) is 0 Å². The van der Waals surface area contributed by atoms with Crippen molar-refractivity contribution >= 4 is 35.0 Å². The summed E-state index contributed by atoms with van der Waals surface area (Å²) in [6, 6.07) is 9.98. The van der Waals surface area contributed by atoms with Crippen LogP contribution in [-0.2, 0) is 22.6 Å². The number of halogens is 3. The first-order valence-corrected chi connectivity index (χ1v) is 9.71. The molecule has 0 fully saturated rings. The van der Waals surface area contributed by atoms with Crippen molar-refractivity contribution in [1.29, 1.82) is 0 Å². The Morgan fingerprint density at radius 2 is 1.61 bits per heavy atom. The van der Waals surface area contributed by atoms with Crippen LogP contribution in [0.5, 0.6) is 0 Å². The highest BCUT2D eigenvalue weighted by atomic mass is 35.5. The highest BCUT2D eigenvalue weighted by Gasteiger charge is 2.27. The number of amides is 2. The maximum Gasteiger partial charge on any atom is 0.242 e. The largest absolute Gasteiger partial charge is 0.352 e. The second-order valence-electron chi connectivity index (χ2n) is 6.86. The van der Waals surface area contributed by atoms with Gasteiger partial charge in [0.25, 0.3) is 0 Å². The molecule has 0 unspecified atom stereocenters. The molecule has 2 aromatic carbocycles. The molecule has 1 atom stereocenters. The number of carbonyl (C=O) groups is 2. The summed E-state index contributed by atoms with van der Waals surface area (Å²) < 4.78 is 13.1. The second kappa shape index (κ2) is 9.89. The van der Waals surface area contributed by atoms with E-state index < -0.39 is 6.04 Å². The molecule has 150 valence electrons. The Hall–Kier alpha value is -2.11. The van der Waals surface area contributed by atoms with Crippen molar-refractivity contribution < 1.29 is 14.0 Å². The quantitative estimate of drug-likeness (QED) is 0.704. The van der Waals surface area contributed by atoms with Crippen molar-refractivity contribution in [3.8, 4) is 0 Å². The van der Waals surface area contributed by atoms with Gasteiger partial charge in [0.15, 0.2) is 0 Å². The van der Waals surface area contributed by atoms with E-state index in [1.54, 1.807) is 37.3 Å². The van der Waals surface area contributed by atoms with Crippen molar-refractivity contribution in [3.63, 3.8) is 0 Å². The molecule has 4 nitrogen and oxygen atoms in total. The van der Waals surface area contributed by atoms with Gasteiger partial charge in [0, 0.05) is 28.2 Å².